The predicted octanol–water partition coefficient (Wildman–Crippen LogP) is 3.54. The number of hydrogen-bond donors (Lipinski definition) is 1. The molecule has 0 saturated heterocycles. The maximum atomic E-state index is 12.6. The summed E-state index contributed by atoms with van der Waals surface area (Å²) in [5.74, 6) is 0.0509. The quantitative estimate of drug-likeness (QED) is 0.879. The summed E-state index contributed by atoms with van der Waals surface area (Å²) in [5.41, 5.74) is 1.24. The highest BCUT2D eigenvalue weighted by Gasteiger charge is 2.16. The lowest BCUT2D eigenvalue weighted by atomic mass is 10.0. The summed E-state index contributed by atoms with van der Waals surface area (Å²) in [5, 5.41) is 3.12. The van der Waals surface area contributed by atoms with E-state index < -0.39 is 0 Å². The van der Waals surface area contributed by atoms with Crippen molar-refractivity contribution in [3.63, 3.8) is 0 Å². The standard InChI is InChI=1S/C16H14ClNO3/c1-10(19)18-15-7-6-13(21-2)9-14(15)16(20)11-4-3-5-12(17)8-11/h3-9H,1-2H3,(H,18,19). The number of amides is 1. The number of methoxy groups -OCH3 is 1. The van der Waals surface area contributed by atoms with Crippen LogP contribution in [-0.4, -0.2) is 18.8 Å². The van der Waals surface area contributed by atoms with E-state index in [-0.39, 0.29) is 11.7 Å². The average Bonchev–Trinajstić information content (AvgIpc) is 2.46. The van der Waals surface area contributed by atoms with Crippen LogP contribution in [-0.2, 0) is 4.79 Å². The van der Waals surface area contributed by atoms with Crippen LogP contribution in [0.15, 0.2) is 42.5 Å². The smallest absolute Gasteiger partial charge is 0.221 e. The van der Waals surface area contributed by atoms with Crippen molar-refractivity contribution in [1.82, 2.24) is 0 Å². The molecular weight excluding hydrogens is 290 g/mol. The molecule has 0 bridgehead atoms. The molecule has 0 saturated carbocycles. The number of rotatable bonds is 4. The Morgan fingerprint density at radius 1 is 1.14 bits per heavy atom. The van der Waals surface area contributed by atoms with Gasteiger partial charge in [0.2, 0.25) is 5.91 Å². The zero-order chi connectivity index (χ0) is 15.4. The first-order valence-corrected chi connectivity index (χ1v) is 6.65. The predicted molar refractivity (Wildman–Crippen MR) is 82.2 cm³/mol. The van der Waals surface area contributed by atoms with Gasteiger partial charge in [0, 0.05) is 23.1 Å². The fraction of sp³-hybridized carbons (Fsp3) is 0.125. The third-order valence-electron chi connectivity index (χ3n) is 2.87. The molecule has 0 unspecified atom stereocenters. The van der Waals surface area contributed by atoms with Gasteiger partial charge < -0.3 is 10.1 Å². The van der Waals surface area contributed by atoms with Gasteiger partial charge in [-0.05, 0) is 30.3 Å². The number of anilines is 1. The summed E-state index contributed by atoms with van der Waals surface area (Å²) in [4.78, 5) is 23.9. The fourth-order valence-electron chi connectivity index (χ4n) is 1.92. The second-order valence-corrected chi connectivity index (χ2v) is 4.87. The van der Waals surface area contributed by atoms with E-state index in [1.807, 2.05) is 0 Å². The van der Waals surface area contributed by atoms with Gasteiger partial charge in [-0.25, -0.2) is 0 Å². The number of carbonyl (C=O) groups is 2. The van der Waals surface area contributed by atoms with Crippen molar-refractivity contribution in [3.8, 4) is 5.75 Å². The van der Waals surface area contributed by atoms with Crippen molar-refractivity contribution >= 4 is 29.0 Å². The van der Waals surface area contributed by atoms with Crippen LogP contribution < -0.4 is 10.1 Å². The third kappa shape index (κ3) is 3.61. The molecule has 0 radical (unpaired) electrons. The lowest BCUT2D eigenvalue weighted by Crippen LogP contribution is -2.12. The topological polar surface area (TPSA) is 55.4 Å². The van der Waals surface area contributed by atoms with E-state index in [0.29, 0.717) is 27.6 Å². The molecule has 1 N–H and O–H groups in total. The Bertz CT molecular complexity index is 698. The molecule has 2 rings (SSSR count). The lowest BCUT2D eigenvalue weighted by Gasteiger charge is -2.11. The molecule has 0 atom stereocenters. The number of ketones is 1. The van der Waals surface area contributed by atoms with Crippen LogP contribution in [0.2, 0.25) is 5.02 Å². The van der Waals surface area contributed by atoms with E-state index in [9.17, 15) is 9.59 Å². The van der Waals surface area contributed by atoms with E-state index in [2.05, 4.69) is 5.32 Å². The molecule has 0 aliphatic carbocycles. The van der Waals surface area contributed by atoms with Crippen LogP contribution in [0, 0.1) is 0 Å². The zero-order valence-corrected chi connectivity index (χ0v) is 12.4. The average molecular weight is 304 g/mol. The minimum absolute atomic E-state index is 0.236. The van der Waals surface area contributed by atoms with Gasteiger partial charge in [-0.1, -0.05) is 23.7 Å². The zero-order valence-electron chi connectivity index (χ0n) is 11.6. The van der Waals surface area contributed by atoms with Gasteiger partial charge in [0.15, 0.2) is 5.78 Å². The van der Waals surface area contributed by atoms with Crippen molar-refractivity contribution in [1.29, 1.82) is 0 Å². The lowest BCUT2D eigenvalue weighted by molar-refractivity contribution is -0.114. The van der Waals surface area contributed by atoms with E-state index in [4.69, 9.17) is 16.3 Å². The van der Waals surface area contributed by atoms with E-state index in [1.165, 1.54) is 14.0 Å². The van der Waals surface area contributed by atoms with Gasteiger partial charge >= 0.3 is 0 Å². The fourth-order valence-corrected chi connectivity index (χ4v) is 2.11. The van der Waals surface area contributed by atoms with Crippen molar-refractivity contribution in [2.45, 2.75) is 6.92 Å². The Kier molecular flexibility index (Phi) is 4.60. The number of halogens is 1. The molecule has 0 aliphatic rings. The monoisotopic (exact) mass is 303 g/mol. The van der Waals surface area contributed by atoms with Crippen LogP contribution in [0.1, 0.15) is 22.8 Å². The van der Waals surface area contributed by atoms with Gasteiger partial charge in [0.05, 0.1) is 12.8 Å². The SMILES string of the molecule is COc1ccc(NC(C)=O)c(C(=O)c2cccc(Cl)c2)c1. The first-order chi connectivity index (χ1) is 10.0. The van der Waals surface area contributed by atoms with Gasteiger partial charge in [-0.2, -0.15) is 0 Å². The molecule has 2 aromatic carbocycles. The molecule has 4 nitrogen and oxygen atoms in total. The maximum Gasteiger partial charge on any atom is 0.221 e. The maximum absolute atomic E-state index is 12.6. The van der Waals surface area contributed by atoms with Crippen molar-refractivity contribution < 1.29 is 14.3 Å². The van der Waals surface area contributed by atoms with Gasteiger partial charge in [0.25, 0.3) is 0 Å². The number of ether oxygens (including phenoxy) is 1. The van der Waals surface area contributed by atoms with Crippen LogP contribution in [0.3, 0.4) is 0 Å². The second-order valence-electron chi connectivity index (χ2n) is 4.43. The molecule has 0 spiro atoms. The molecular formula is C16H14ClNO3. The summed E-state index contributed by atoms with van der Waals surface area (Å²) in [6.07, 6.45) is 0. The molecule has 5 heteroatoms. The molecule has 21 heavy (non-hydrogen) atoms. The van der Waals surface area contributed by atoms with E-state index >= 15 is 0 Å². The highest BCUT2D eigenvalue weighted by molar-refractivity contribution is 6.31. The molecule has 0 fully saturated rings. The summed E-state index contributed by atoms with van der Waals surface area (Å²) < 4.78 is 5.13. The molecule has 0 heterocycles. The summed E-state index contributed by atoms with van der Waals surface area (Å²) in [6, 6.07) is 11.6. The van der Waals surface area contributed by atoms with E-state index in [1.54, 1.807) is 42.5 Å². The first-order valence-electron chi connectivity index (χ1n) is 6.27. The first kappa shape index (κ1) is 15.1. The Morgan fingerprint density at radius 3 is 2.52 bits per heavy atom. The van der Waals surface area contributed by atoms with Gasteiger partial charge in [-0.3, -0.25) is 9.59 Å². The highest BCUT2D eigenvalue weighted by Crippen LogP contribution is 2.25. The van der Waals surface area contributed by atoms with Crippen molar-refractivity contribution in [3.05, 3.63) is 58.6 Å². The van der Waals surface area contributed by atoms with Gasteiger partial charge in [-0.15, -0.1) is 0 Å². The largest absolute Gasteiger partial charge is 0.497 e. The van der Waals surface area contributed by atoms with Gasteiger partial charge in [0.1, 0.15) is 5.75 Å². The summed E-state index contributed by atoms with van der Waals surface area (Å²) in [6.45, 7) is 1.39. The van der Waals surface area contributed by atoms with Crippen molar-refractivity contribution in [2.24, 2.45) is 0 Å². The molecule has 1 amide bonds. The van der Waals surface area contributed by atoms with E-state index in [0.717, 1.165) is 0 Å². The molecule has 0 aliphatic heterocycles. The number of carbonyl (C=O) groups excluding carboxylic acids is 2. The van der Waals surface area contributed by atoms with Crippen molar-refractivity contribution in [2.75, 3.05) is 12.4 Å². The van der Waals surface area contributed by atoms with Crippen LogP contribution in [0.25, 0.3) is 0 Å². The second kappa shape index (κ2) is 6.41. The molecule has 108 valence electrons. The Morgan fingerprint density at radius 2 is 1.90 bits per heavy atom. The summed E-state index contributed by atoms with van der Waals surface area (Å²) >= 11 is 5.91. The number of hydrogen-bond acceptors (Lipinski definition) is 3. The normalized spacial score (nSPS) is 10.0. The van der Waals surface area contributed by atoms with Crippen LogP contribution >= 0.6 is 11.6 Å². The molecule has 2 aromatic rings. The Balaban J connectivity index is 2.49. The van der Waals surface area contributed by atoms with Crippen LogP contribution in [0.5, 0.6) is 5.75 Å². The van der Waals surface area contributed by atoms with Crippen LogP contribution in [0.4, 0.5) is 5.69 Å². The highest BCUT2D eigenvalue weighted by atomic mass is 35.5. The third-order valence-corrected chi connectivity index (χ3v) is 3.10. The Labute approximate surface area is 127 Å². The minimum Gasteiger partial charge on any atom is -0.497 e. The summed E-state index contributed by atoms with van der Waals surface area (Å²) in [7, 11) is 1.51. The number of nitrogens with one attached hydrogen (secondary N) is 1. The minimum atomic E-state index is -0.250. The Hall–Kier alpha value is -2.33. The molecule has 0 aromatic heterocycles. The number of benzene rings is 2.